The van der Waals surface area contributed by atoms with Crippen LogP contribution in [0.25, 0.3) is 5.57 Å². The second-order valence-electron chi connectivity index (χ2n) is 7.05. The number of hydrogen-bond acceptors (Lipinski definition) is 5. The molecule has 3 aliphatic rings. The average molecular weight is 363 g/mol. The Labute approximate surface area is 157 Å². The number of para-hydroxylation sites is 1. The quantitative estimate of drug-likeness (QED) is 0.790. The lowest BCUT2D eigenvalue weighted by molar-refractivity contribution is -0.116. The van der Waals surface area contributed by atoms with E-state index >= 15 is 0 Å². The summed E-state index contributed by atoms with van der Waals surface area (Å²) in [4.78, 5) is 27.7. The molecule has 0 radical (unpaired) electrons. The summed E-state index contributed by atoms with van der Waals surface area (Å²) in [5.41, 5.74) is 4.01. The molecule has 2 unspecified atom stereocenters. The first-order valence-corrected chi connectivity index (χ1v) is 8.90. The fourth-order valence-electron chi connectivity index (χ4n) is 3.85. The molecule has 138 valence electrons. The predicted molar refractivity (Wildman–Crippen MR) is 107 cm³/mol. The number of hydrazone groups is 1. The first kappa shape index (κ1) is 17.2. The molecule has 2 aliphatic heterocycles. The number of nitrogens with one attached hydrogen (secondary N) is 2. The van der Waals surface area contributed by atoms with E-state index in [0.29, 0.717) is 12.1 Å². The van der Waals surface area contributed by atoms with Gasteiger partial charge >= 0.3 is 0 Å². The summed E-state index contributed by atoms with van der Waals surface area (Å²) >= 11 is 0. The van der Waals surface area contributed by atoms with E-state index in [1.54, 1.807) is 5.01 Å². The highest BCUT2D eigenvalue weighted by molar-refractivity contribution is 6.41. The van der Waals surface area contributed by atoms with E-state index in [4.69, 9.17) is 0 Å². The van der Waals surface area contributed by atoms with Crippen molar-refractivity contribution in [2.24, 2.45) is 16.0 Å². The molecule has 1 aromatic carbocycles. The van der Waals surface area contributed by atoms with Crippen molar-refractivity contribution in [1.29, 1.82) is 0 Å². The maximum absolute atomic E-state index is 12.1. The van der Waals surface area contributed by atoms with Gasteiger partial charge in [0.05, 0.1) is 23.3 Å². The van der Waals surface area contributed by atoms with Crippen molar-refractivity contribution in [3.63, 3.8) is 0 Å². The number of benzene rings is 1. The summed E-state index contributed by atoms with van der Waals surface area (Å²) in [6, 6.07) is 5.83. The third kappa shape index (κ3) is 2.95. The van der Waals surface area contributed by atoms with Crippen molar-refractivity contribution >= 4 is 41.2 Å². The average Bonchev–Trinajstić information content (AvgIpc) is 2.89. The first-order valence-electron chi connectivity index (χ1n) is 8.90. The molecule has 0 bridgehead atoms. The Morgan fingerprint density at radius 1 is 1.41 bits per heavy atom. The van der Waals surface area contributed by atoms with Crippen LogP contribution >= 0.6 is 0 Å². The number of rotatable bonds is 2. The van der Waals surface area contributed by atoms with E-state index in [0.717, 1.165) is 22.5 Å². The van der Waals surface area contributed by atoms with E-state index in [-0.39, 0.29) is 23.9 Å². The van der Waals surface area contributed by atoms with Crippen LogP contribution < -0.4 is 10.6 Å². The third-order valence-electron chi connectivity index (χ3n) is 5.11. The van der Waals surface area contributed by atoms with Gasteiger partial charge in [0.2, 0.25) is 5.91 Å². The number of amides is 2. The van der Waals surface area contributed by atoms with Crippen LogP contribution in [0.1, 0.15) is 18.9 Å². The molecule has 1 aromatic rings. The molecule has 0 spiro atoms. The summed E-state index contributed by atoms with van der Waals surface area (Å²) in [6.07, 6.45) is 6.54. The van der Waals surface area contributed by atoms with Gasteiger partial charge < -0.3 is 10.6 Å². The molecule has 0 saturated carbocycles. The Balaban J connectivity index is 1.76. The Bertz CT molecular complexity index is 930. The largest absolute Gasteiger partial charge is 0.380 e. The highest BCUT2D eigenvalue weighted by atomic mass is 16.2. The van der Waals surface area contributed by atoms with Gasteiger partial charge in [0, 0.05) is 25.1 Å². The molecule has 27 heavy (non-hydrogen) atoms. The van der Waals surface area contributed by atoms with Gasteiger partial charge in [-0.25, -0.2) is 4.99 Å². The number of anilines is 2. The number of likely N-dealkylation sites (N-methyl/N-ethyl adjacent to an activating group) is 1. The second kappa shape index (κ2) is 6.50. The van der Waals surface area contributed by atoms with Gasteiger partial charge in [-0.15, -0.1) is 0 Å². The van der Waals surface area contributed by atoms with Crippen LogP contribution in [-0.4, -0.2) is 48.4 Å². The maximum Gasteiger partial charge on any atom is 0.293 e. The van der Waals surface area contributed by atoms with Crippen LogP contribution in [0.5, 0.6) is 0 Å². The standard InChI is InChI=1S/C20H21N5O2/c1-11-9-17(26)23-15-6-4-5-13(18(15)22-11)12-7-8-16-14(10-12)19(20(27)21-2)24-25(16)3/h4-8,10-11,14,16,22H,2,9H2,1,3H3,(H,23,26)/t11-,14?,16?/m1/s1. The number of carbonyl (C=O) groups is 2. The summed E-state index contributed by atoms with van der Waals surface area (Å²) in [6.45, 7) is 5.32. The highest BCUT2D eigenvalue weighted by Crippen LogP contribution is 2.38. The Hall–Kier alpha value is -3.22. The van der Waals surface area contributed by atoms with E-state index in [9.17, 15) is 9.59 Å². The van der Waals surface area contributed by atoms with Gasteiger partial charge in [0.15, 0.2) is 0 Å². The summed E-state index contributed by atoms with van der Waals surface area (Å²) < 4.78 is 0. The van der Waals surface area contributed by atoms with Crippen LogP contribution in [0.2, 0.25) is 0 Å². The zero-order chi connectivity index (χ0) is 19.1. The monoisotopic (exact) mass is 363 g/mol. The topological polar surface area (TPSA) is 86.2 Å². The van der Waals surface area contributed by atoms with Crippen molar-refractivity contribution in [3.05, 3.63) is 42.0 Å². The maximum atomic E-state index is 12.1. The van der Waals surface area contributed by atoms with E-state index in [1.807, 2.05) is 50.4 Å². The fraction of sp³-hybridized carbons (Fsp3) is 0.300. The number of allylic oxidation sites excluding steroid dienone is 2. The molecule has 7 nitrogen and oxygen atoms in total. The molecular weight excluding hydrogens is 342 g/mol. The zero-order valence-electron chi connectivity index (χ0n) is 15.3. The molecule has 0 saturated heterocycles. The highest BCUT2D eigenvalue weighted by Gasteiger charge is 2.38. The molecule has 2 heterocycles. The minimum atomic E-state index is -0.397. The number of aliphatic imine (C=N–C) groups is 1. The minimum absolute atomic E-state index is 0.00591. The third-order valence-corrected chi connectivity index (χ3v) is 5.11. The summed E-state index contributed by atoms with van der Waals surface area (Å²) in [7, 11) is 1.84. The normalized spacial score (nSPS) is 26.1. The van der Waals surface area contributed by atoms with Gasteiger partial charge in [0.1, 0.15) is 5.71 Å². The molecule has 2 amide bonds. The van der Waals surface area contributed by atoms with Crippen molar-refractivity contribution in [2.75, 3.05) is 17.7 Å². The van der Waals surface area contributed by atoms with Crippen LogP contribution in [0, 0.1) is 5.92 Å². The Morgan fingerprint density at radius 2 is 2.22 bits per heavy atom. The summed E-state index contributed by atoms with van der Waals surface area (Å²) in [5.74, 6) is -0.582. The fourth-order valence-corrected chi connectivity index (χ4v) is 3.85. The number of hydrogen-bond donors (Lipinski definition) is 2. The van der Waals surface area contributed by atoms with Gasteiger partial charge in [-0.3, -0.25) is 14.6 Å². The van der Waals surface area contributed by atoms with E-state index < -0.39 is 5.91 Å². The minimum Gasteiger partial charge on any atom is -0.380 e. The lowest BCUT2D eigenvalue weighted by Crippen LogP contribution is -2.31. The lowest BCUT2D eigenvalue weighted by Gasteiger charge is -2.25. The molecule has 4 rings (SSSR count). The van der Waals surface area contributed by atoms with Gasteiger partial charge in [-0.2, -0.15) is 5.10 Å². The second-order valence-corrected chi connectivity index (χ2v) is 7.05. The SMILES string of the molecule is C=NC(=O)C1=NN(C)C2C=CC(c3cccc4c3N[C@H](C)CC(=O)N4)=CC12. The Morgan fingerprint density at radius 3 is 3.00 bits per heavy atom. The molecule has 7 heteroatoms. The van der Waals surface area contributed by atoms with Crippen LogP contribution in [0.4, 0.5) is 11.4 Å². The van der Waals surface area contributed by atoms with Crippen molar-refractivity contribution < 1.29 is 9.59 Å². The molecular formula is C20H21N5O2. The molecule has 3 atom stereocenters. The smallest absolute Gasteiger partial charge is 0.293 e. The number of fused-ring (bicyclic) bond motifs is 2. The zero-order valence-corrected chi connectivity index (χ0v) is 15.3. The van der Waals surface area contributed by atoms with Crippen LogP contribution in [0.3, 0.4) is 0 Å². The first-order chi connectivity index (χ1) is 13.0. The molecule has 1 aliphatic carbocycles. The van der Waals surface area contributed by atoms with E-state index in [1.165, 1.54) is 0 Å². The van der Waals surface area contributed by atoms with Crippen molar-refractivity contribution in [1.82, 2.24) is 5.01 Å². The van der Waals surface area contributed by atoms with Crippen LogP contribution in [-0.2, 0) is 9.59 Å². The van der Waals surface area contributed by atoms with E-state index in [2.05, 4.69) is 27.4 Å². The number of nitrogens with zero attached hydrogens (tertiary/aromatic N) is 3. The Kier molecular flexibility index (Phi) is 4.14. The lowest BCUT2D eigenvalue weighted by atomic mass is 9.85. The van der Waals surface area contributed by atoms with Crippen molar-refractivity contribution in [2.45, 2.75) is 25.4 Å². The van der Waals surface area contributed by atoms with Gasteiger partial charge in [0.25, 0.3) is 5.91 Å². The van der Waals surface area contributed by atoms with Gasteiger partial charge in [-0.05, 0) is 25.3 Å². The predicted octanol–water partition coefficient (Wildman–Crippen LogP) is 2.30. The molecule has 0 fully saturated rings. The number of carbonyl (C=O) groups excluding carboxylic acids is 2. The molecule has 2 N–H and O–H groups in total. The van der Waals surface area contributed by atoms with Gasteiger partial charge in [-0.1, -0.05) is 30.4 Å². The van der Waals surface area contributed by atoms with Crippen LogP contribution in [0.15, 0.2) is 46.5 Å². The van der Waals surface area contributed by atoms with Crippen molar-refractivity contribution in [3.8, 4) is 0 Å². The summed E-state index contributed by atoms with van der Waals surface area (Å²) in [5, 5.41) is 12.5. The molecule has 0 aromatic heterocycles.